The van der Waals surface area contributed by atoms with Crippen LogP contribution >= 0.6 is 0 Å². The molecule has 0 spiro atoms. The second-order valence-electron chi connectivity index (χ2n) is 4.65. The number of anilines is 1. The number of benzene rings is 1. The number of aliphatic hydroxyl groups excluding tert-OH is 1. The minimum absolute atomic E-state index is 0.285. The molecule has 19 heavy (non-hydrogen) atoms. The molecule has 0 bridgehead atoms. The van der Waals surface area contributed by atoms with Crippen molar-refractivity contribution in [3.63, 3.8) is 0 Å². The highest BCUT2D eigenvalue weighted by Gasteiger charge is 2.06. The Morgan fingerprint density at radius 3 is 2.79 bits per heavy atom. The molecule has 1 rings (SSSR count). The molecule has 1 unspecified atom stereocenters. The Kier molecular flexibility index (Phi) is 8.18. The van der Waals surface area contributed by atoms with Crippen molar-refractivity contribution in [1.29, 1.82) is 0 Å². The van der Waals surface area contributed by atoms with Gasteiger partial charge in [0, 0.05) is 13.2 Å². The van der Waals surface area contributed by atoms with Crippen LogP contribution < -0.4 is 5.32 Å². The van der Waals surface area contributed by atoms with Gasteiger partial charge in [-0.25, -0.2) is 4.39 Å². The van der Waals surface area contributed by atoms with Gasteiger partial charge in [0.15, 0.2) is 0 Å². The lowest BCUT2D eigenvalue weighted by Gasteiger charge is -2.13. The number of unbranched alkanes of at least 4 members (excludes halogenated alkanes) is 3. The molecule has 2 N–H and O–H groups in total. The minimum Gasteiger partial charge on any atom is -0.389 e. The number of para-hydroxylation sites is 1. The molecule has 3 nitrogen and oxygen atoms in total. The Bertz CT molecular complexity index is 347. The number of nitrogens with one attached hydrogen (secondary N) is 1. The largest absolute Gasteiger partial charge is 0.389 e. The average molecular weight is 269 g/mol. The predicted octanol–water partition coefficient (Wildman–Crippen LogP) is 3.20. The van der Waals surface area contributed by atoms with Crippen molar-refractivity contribution in [2.75, 3.05) is 25.1 Å². The zero-order chi connectivity index (χ0) is 13.9. The fourth-order valence-electron chi connectivity index (χ4n) is 1.74. The fraction of sp³-hybridized carbons (Fsp3) is 0.600. The topological polar surface area (TPSA) is 41.5 Å². The highest BCUT2D eigenvalue weighted by Crippen LogP contribution is 2.12. The van der Waals surface area contributed by atoms with E-state index in [2.05, 4.69) is 12.2 Å². The van der Waals surface area contributed by atoms with Crippen molar-refractivity contribution in [3.05, 3.63) is 30.1 Å². The molecule has 0 aliphatic rings. The van der Waals surface area contributed by atoms with Crippen LogP contribution in [-0.4, -0.2) is 31.0 Å². The molecule has 0 aliphatic carbocycles. The third-order valence-electron chi connectivity index (χ3n) is 2.85. The van der Waals surface area contributed by atoms with Crippen molar-refractivity contribution in [1.82, 2.24) is 0 Å². The molecule has 1 atom stereocenters. The van der Waals surface area contributed by atoms with Gasteiger partial charge in [-0.3, -0.25) is 0 Å². The quantitative estimate of drug-likeness (QED) is 0.641. The van der Waals surface area contributed by atoms with Crippen LogP contribution in [0.15, 0.2) is 24.3 Å². The van der Waals surface area contributed by atoms with E-state index in [1.54, 1.807) is 18.2 Å². The van der Waals surface area contributed by atoms with Crippen LogP contribution in [-0.2, 0) is 4.74 Å². The lowest BCUT2D eigenvalue weighted by atomic mass is 10.2. The maximum absolute atomic E-state index is 13.3. The van der Waals surface area contributed by atoms with Gasteiger partial charge in [0.05, 0.1) is 18.4 Å². The van der Waals surface area contributed by atoms with Crippen LogP contribution in [0.3, 0.4) is 0 Å². The average Bonchev–Trinajstić information content (AvgIpc) is 2.42. The number of hydrogen-bond acceptors (Lipinski definition) is 3. The SMILES string of the molecule is CCCCCCOCC(O)CNc1ccccc1F. The summed E-state index contributed by atoms with van der Waals surface area (Å²) in [6.45, 7) is 3.42. The number of halogens is 1. The van der Waals surface area contributed by atoms with Crippen molar-refractivity contribution in [3.8, 4) is 0 Å². The molecule has 0 aliphatic heterocycles. The molecular formula is C15H24FNO2. The number of ether oxygens (including phenoxy) is 1. The molecular weight excluding hydrogens is 245 g/mol. The van der Waals surface area contributed by atoms with Gasteiger partial charge in [0.25, 0.3) is 0 Å². The summed E-state index contributed by atoms with van der Waals surface area (Å²) in [7, 11) is 0. The first kappa shape index (κ1) is 15.9. The highest BCUT2D eigenvalue weighted by atomic mass is 19.1. The second kappa shape index (κ2) is 9.75. The van der Waals surface area contributed by atoms with Crippen LogP contribution in [0.1, 0.15) is 32.6 Å². The van der Waals surface area contributed by atoms with Crippen LogP contribution in [0.2, 0.25) is 0 Å². The Balaban J connectivity index is 2.08. The summed E-state index contributed by atoms with van der Waals surface area (Å²) in [6, 6.07) is 6.42. The highest BCUT2D eigenvalue weighted by molar-refractivity contribution is 5.44. The van der Waals surface area contributed by atoms with E-state index in [9.17, 15) is 9.50 Å². The molecule has 0 fully saturated rings. The standard InChI is InChI=1S/C15H24FNO2/c1-2-3-4-7-10-19-12-13(18)11-17-15-9-6-5-8-14(15)16/h5-6,8-9,13,17-18H,2-4,7,10-12H2,1H3. The van der Waals surface area contributed by atoms with Gasteiger partial charge in [-0.2, -0.15) is 0 Å². The number of rotatable bonds is 10. The van der Waals surface area contributed by atoms with Crippen LogP contribution in [0.25, 0.3) is 0 Å². The third-order valence-corrected chi connectivity index (χ3v) is 2.85. The molecule has 108 valence electrons. The Morgan fingerprint density at radius 2 is 2.05 bits per heavy atom. The number of hydrogen-bond donors (Lipinski definition) is 2. The molecule has 0 radical (unpaired) electrons. The normalized spacial score (nSPS) is 12.4. The van der Waals surface area contributed by atoms with Gasteiger partial charge in [-0.15, -0.1) is 0 Å². The van der Waals surface area contributed by atoms with E-state index >= 15 is 0 Å². The van der Waals surface area contributed by atoms with Gasteiger partial charge in [-0.05, 0) is 18.6 Å². The summed E-state index contributed by atoms with van der Waals surface area (Å²) >= 11 is 0. The zero-order valence-corrected chi connectivity index (χ0v) is 11.6. The van der Waals surface area contributed by atoms with Crippen molar-refractivity contribution in [2.45, 2.75) is 38.7 Å². The first-order valence-corrected chi connectivity index (χ1v) is 6.98. The fourth-order valence-corrected chi connectivity index (χ4v) is 1.74. The summed E-state index contributed by atoms with van der Waals surface area (Å²) in [6.07, 6.45) is 4.00. The van der Waals surface area contributed by atoms with E-state index < -0.39 is 6.10 Å². The lowest BCUT2D eigenvalue weighted by Crippen LogP contribution is -2.25. The predicted molar refractivity (Wildman–Crippen MR) is 75.9 cm³/mol. The molecule has 1 aromatic rings. The summed E-state index contributed by atoms with van der Waals surface area (Å²) in [4.78, 5) is 0. The monoisotopic (exact) mass is 269 g/mol. The summed E-state index contributed by atoms with van der Waals surface area (Å²) in [5.41, 5.74) is 0.407. The van der Waals surface area contributed by atoms with E-state index in [-0.39, 0.29) is 19.0 Å². The first-order chi connectivity index (χ1) is 9.24. The molecule has 1 aromatic carbocycles. The molecule has 0 heterocycles. The molecule has 0 aromatic heterocycles. The van der Waals surface area contributed by atoms with Gasteiger partial charge in [0.1, 0.15) is 5.82 Å². The van der Waals surface area contributed by atoms with Crippen LogP contribution in [0, 0.1) is 5.82 Å². The Hall–Kier alpha value is -1.13. The van der Waals surface area contributed by atoms with Crippen molar-refractivity contribution >= 4 is 5.69 Å². The molecule has 4 heteroatoms. The van der Waals surface area contributed by atoms with Gasteiger partial charge in [0.2, 0.25) is 0 Å². The molecule has 0 amide bonds. The first-order valence-electron chi connectivity index (χ1n) is 6.98. The Morgan fingerprint density at radius 1 is 1.26 bits per heavy atom. The minimum atomic E-state index is -0.620. The Labute approximate surface area is 114 Å². The number of aliphatic hydroxyl groups is 1. The van der Waals surface area contributed by atoms with E-state index in [0.717, 1.165) is 6.42 Å². The third kappa shape index (κ3) is 7.13. The van der Waals surface area contributed by atoms with Crippen LogP contribution in [0.5, 0.6) is 0 Å². The maximum Gasteiger partial charge on any atom is 0.146 e. The van der Waals surface area contributed by atoms with Crippen LogP contribution in [0.4, 0.5) is 10.1 Å². The summed E-state index contributed by atoms with van der Waals surface area (Å²) < 4.78 is 18.7. The maximum atomic E-state index is 13.3. The van der Waals surface area contributed by atoms with E-state index in [0.29, 0.717) is 12.3 Å². The molecule has 0 saturated carbocycles. The zero-order valence-electron chi connectivity index (χ0n) is 11.6. The van der Waals surface area contributed by atoms with Gasteiger partial charge in [-0.1, -0.05) is 38.3 Å². The van der Waals surface area contributed by atoms with E-state index in [4.69, 9.17) is 4.74 Å². The smallest absolute Gasteiger partial charge is 0.146 e. The van der Waals surface area contributed by atoms with Gasteiger partial charge >= 0.3 is 0 Å². The second-order valence-corrected chi connectivity index (χ2v) is 4.65. The van der Waals surface area contributed by atoms with E-state index in [1.165, 1.54) is 25.3 Å². The van der Waals surface area contributed by atoms with Crippen molar-refractivity contribution in [2.24, 2.45) is 0 Å². The lowest BCUT2D eigenvalue weighted by molar-refractivity contribution is 0.0416. The van der Waals surface area contributed by atoms with Crippen molar-refractivity contribution < 1.29 is 14.2 Å². The summed E-state index contributed by atoms with van der Waals surface area (Å²) in [5.74, 6) is -0.310. The van der Waals surface area contributed by atoms with E-state index in [1.807, 2.05) is 0 Å². The van der Waals surface area contributed by atoms with Gasteiger partial charge < -0.3 is 15.2 Å². The summed E-state index contributed by atoms with van der Waals surface area (Å²) in [5, 5.41) is 12.6. The molecule has 0 saturated heterocycles.